The number of allylic oxidation sites excluding steroid dienone is 1. The van der Waals surface area contributed by atoms with Crippen molar-refractivity contribution in [2.24, 2.45) is 0 Å². The molecule has 0 saturated carbocycles. The first-order valence-electron chi connectivity index (χ1n) is 8.66. The summed E-state index contributed by atoms with van der Waals surface area (Å²) in [7, 11) is 0. The lowest BCUT2D eigenvalue weighted by atomic mass is 9.88. The molecule has 0 atom stereocenters. The molecule has 1 amide bonds. The Morgan fingerprint density at radius 2 is 2.12 bits per heavy atom. The van der Waals surface area contributed by atoms with E-state index in [9.17, 15) is 14.4 Å². The van der Waals surface area contributed by atoms with Crippen molar-refractivity contribution in [3.63, 3.8) is 0 Å². The van der Waals surface area contributed by atoms with Crippen molar-refractivity contribution in [3.05, 3.63) is 58.7 Å². The van der Waals surface area contributed by atoms with Crippen LogP contribution >= 0.6 is 0 Å². The molecule has 1 N–H and O–H groups in total. The number of carbonyl (C=O) groups excluding carboxylic acids is 1. The number of amides is 1. The number of rotatable bonds is 2. The highest BCUT2D eigenvalue weighted by molar-refractivity contribution is 6.01. The van der Waals surface area contributed by atoms with Crippen molar-refractivity contribution in [3.8, 4) is 17.2 Å². The molecule has 1 aromatic heterocycles. The zero-order valence-corrected chi connectivity index (χ0v) is 14.9. The van der Waals surface area contributed by atoms with Crippen LogP contribution in [-0.2, 0) is 4.79 Å². The molecule has 0 radical (unpaired) electrons. The van der Waals surface area contributed by atoms with E-state index in [-0.39, 0.29) is 5.91 Å². The van der Waals surface area contributed by atoms with Crippen LogP contribution in [0.3, 0.4) is 0 Å². The maximum Gasteiger partial charge on any atom is 0.247 e. The summed E-state index contributed by atoms with van der Waals surface area (Å²) in [6, 6.07) is 8.72. The summed E-state index contributed by atoms with van der Waals surface area (Å²) in [5, 5.41) is 12.4. The van der Waals surface area contributed by atoms with Gasteiger partial charge in [-0.1, -0.05) is 0 Å². The summed E-state index contributed by atoms with van der Waals surface area (Å²) in [5.74, 6) is -0.580. The van der Waals surface area contributed by atoms with E-state index >= 15 is 0 Å². The Bertz CT molecular complexity index is 924. The van der Waals surface area contributed by atoms with Gasteiger partial charge in [0.25, 0.3) is 0 Å². The van der Waals surface area contributed by atoms with Crippen molar-refractivity contribution in [1.82, 2.24) is 10.3 Å². The van der Waals surface area contributed by atoms with Gasteiger partial charge in [0.05, 0.1) is 11.6 Å². The van der Waals surface area contributed by atoms with Crippen molar-refractivity contribution in [2.45, 2.75) is 33.1 Å². The van der Waals surface area contributed by atoms with E-state index in [2.05, 4.69) is 16.4 Å². The molecule has 5 heteroatoms. The van der Waals surface area contributed by atoms with Crippen molar-refractivity contribution in [2.75, 3.05) is 6.54 Å². The van der Waals surface area contributed by atoms with Gasteiger partial charge in [-0.3, -0.25) is 4.79 Å². The fourth-order valence-corrected chi connectivity index (χ4v) is 3.37. The minimum Gasteiger partial charge on any atom is -0.352 e. The first kappa shape index (κ1) is 17.8. The van der Waals surface area contributed by atoms with Gasteiger partial charge in [-0.15, -0.1) is 0 Å². The fraction of sp³-hybridized carbons (Fsp3) is 0.286. The van der Waals surface area contributed by atoms with Gasteiger partial charge in [0.2, 0.25) is 11.9 Å². The summed E-state index contributed by atoms with van der Waals surface area (Å²) >= 11 is 0. The molecular formula is C21H20FN3O. The molecule has 1 aliphatic rings. The molecule has 1 aliphatic heterocycles. The summed E-state index contributed by atoms with van der Waals surface area (Å²) in [5.41, 5.74) is 5.53. The van der Waals surface area contributed by atoms with E-state index in [1.54, 1.807) is 12.1 Å². The van der Waals surface area contributed by atoms with Gasteiger partial charge in [-0.2, -0.15) is 9.65 Å². The molecule has 0 bridgehead atoms. The number of nitrogens with zero attached hydrogens (tertiary/aromatic N) is 2. The molecule has 0 unspecified atom stereocenters. The third-order valence-corrected chi connectivity index (χ3v) is 4.85. The Balaban J connectivity index is 2.18. The van der Waals surface area contributed by atoms with Gasteiger partial charge in [0.1, 0.15) is 0 Å². The minimum absolute atomic E-state index is 0.0354. The van der Waals surface area contributed by atoms with Gasteiger partial charge in [-0.05, 0) is 79.6 Å². The highest BCUT2D eigenvalue weighted by Crippen LogP contribution is 2.33. The monoisotopic (exact) mass is 349 g/mol. The third-order valence-electron chi connectivity index (χ3n) is 4.85. The summed E-state index contributed by atoms with van der Waals surface area (Å²) < 4.78 is 13.2. The Morgan fingerprint density at radius 3 is 2.81 bits per heavy atom. The van der Waals surface area contributed by atoms with Crippen molar-refractivity contribution in [1.29, 1.82) is 5.26 Å². The van der Waals surface area contributed by atoms with Crippen molar-refractivity contribution < 1.29 is 9.18 Å². The van der Waals surface area contributed by atoms with Gasteiger partial charge in [0, 0.05) is 23.9 Å². The lowest BCUT2D eigenvalue weighted by Gasteiger charge is -2.16. The molecule has 0 spiro atoms. The summed E-state index contributed by atoms with van der Waals surface area (Å²) in [6.45, 7) is 4.57. The molecule has 1 aromatic carbocycles. The number of carbonyl (C=O) groups is 1. The Morgan fingerprint density at radius 1 is 1.31 bits per heavy atom. The molecule has 0 aliphatic carbocycles. The number of hydrogen-bond donors (Lipinski definition) is 1. The second kappa shape index (κ2) is 7.49. The maximum atomic E-state index is 13.2. The third kappa shape index (κ3) is 3.50. The number of halogens is 1. The fourth-order valence-electron chi connectivity index (χ4n) is 3.37. The van der Waals surface area contributed by atoms with Crippen LogP contribution in [0.15, 0.2) is 36.0 Å². The Kier molecular flexibility index (Phi) is 5.13. The first-order valence-corrected chi connectivity index (χ1v) is 8.66. The largest absolute Gasteiger partial charge is 0.352 e. The zero-order chi connectivity index (χ0) is 18.7. The molecule has 1 saturated heterocycles. The lowest BCUT2D eigenvalue weighted by molar-refractivity contribution is -0.117. The van der Waals surface area contributed by atoms with E-state index in [1.165, 1.54) is 12.3 Å². The van der Waals surface area contributed by atoms with Crippen LogP contribution in [0.1, 0.15) is 42.9 Å². The van der Waals surface area contributed by atoms with Gasteiger partial charge in [-0.25, -0.2) is 4.98 Å². The average Bonchev–Trinajstić information content (AvgIpc) is 2.86. The van der Waals surface area contributed by atoms with E-state index in [0.29, 0.717) is 12.1 Å². The van der Waals surface area contributed by atoms with Gasteiger partial charge >= 0.3 is 0 Å². The molecule has 132 valence electrons. The first-order chi connectivity index (χ1) is 12.5. The molecule has 4 nitrogen and oxygen atoms in total. The van der Waals surface area contributed by atoms with E-state index in [4.69, 9.17) is 0 Å². The second-order valence-electron chi connectivity index (χ2n) is 6.49. The molecule has 2 heterocycles. The number of hydrogen-bond acceptors (Lipinski definition) is 3. The number of pyridine rings is 1. The smallest absolute Gasteiger partial charge is 0.247 e. The SMILES string of the molecule is C/C(=C1/CCCCNC1=O)c1cc(C#N)cc(-c2ccc(F)nc2)c1C. The Hall–Kier alpha value is -3.00. The van der Waals surface area contributed by atoms with E-state index in [1.807, 2.05) is 19.9 Å². The normalized spacial score (nSPS) is 16.5. The summed E-state index contributed by atoms with van der Waals surface area (Å²) in [6.07, 6.45) is 4.11. The standard InChI is InChI=1S/C21H20FN3O/c1-13(17-5-3-4-8-24-21(17)26)18-9-15(11-23)10-19(14(18)2)16-6-7-20(22)25-12-16/h6-7,9-10,12H,3-5,8H2,1-2H3,(H,24,26)/b17-13+. The van der Waals surface area contributed by atoms with Crippen molar-refractivity contribution >= 4 is 11.5 Å². The van der Waals surface area contributed by atoms with Crippen LogP contribution in [0.5, 0.6) is 0 Å². The number of aromatic nitrogens is 1. The molecular weight excluding hydrogens is 329 g/mol. The van der Waals surface area contributed by atoms with Crippen LogP contribution in [0.25, 0.3) is 16.7 Å². The van der Waals surface area contributed by atoms with E-state index in [0.717, 1.165) is 52.7 Å². The minimum atomic E-state index is -0.545. The van der Waals surface area contributed by atoms with Crippen LogP contribution in [-0.4, -0.2) is 17.4 Å². The van der Waals surface area contributed by atoms with Crippen LogP contribution in [0.2, 0.25) is 0 Å². The highest BCUT2D eigenvalue weighted by atomic mass is 19.1. The lowest BCUT2D eigenvalue weighted by Crippen LogP contribution is -2.24. The van der Waals surface area contributed by atoms with Crippen LogP contribution in [0.4, 0.5) is 4.39 Å². The number of nitrogens with one attached hydrogen (secondary N) is 1. The predicted octanol–water partition coefficient (Wildman–Crippen LogP) is 4.14. The number of nitriles is 1. The maximum absolute atomic E-state index is 13.2. The molecule has 1 fully saturated rings. The second-order valence-corrected chi connectivity index (χ2v) is 6.49. The number of benzene rings is 1. The Labute approximate surface area is 152 Å². The topological polar surface area (TPSA) is 65.8 Å². The van der Waals surface area contributed by atoms with Crippen LogP contribution < -0.4 is 5.32 Å². The van der Waals surface area contributed by atoms with Gasteiger partial charge < -0.3 is 5.32 Å². The molecule has 3 rings (SSSR count). The molecule has 26 heavy (non-hydrogen) atoms. The van der Waals surface area contributed by atoms with Gasteiger partial charge in [0.15, 0.2) is 0 Å². The molecule has 2 aromatic rings. The summed E-state index contributed by atoms with van der Waals surface area (Å²) in [4.78, 5) is 16.1. The quantitative estimate of drug-likeness (QED) is 0.654. The van der Waals surface area contributed by atoms with E-state index < -0.39 is 5.95 Å². The average molecular weight is 349 g/mol. The van der Waals surface area contributed by atoms with Crippen LogP contribution in [0, 0.1) is 24.2 Å². The predicted molar refractivity (Wildman–Crippen MR) is 98.5 cm³/mol. The zero-order valence-electron chi connectivity index (χ0n) is 14.9. The highest BCUT2D eigenvalue weighted by Gasteiger charge is 2.19.